The van der Waals surface area contributed by atoms with Gasteiger partial charge in [-0.2, -0.15) is 0 Å². The van der Waals surface area contributed by atoms with Crippen molar-refractivity contribution < 1.29 is 5.11 Å². The molecule has 0 spiro atoms. The summed E-state index contributed by atoms with van der Waals surface area (Å²) in [5.41, 5.74) is 2.07. The van der Waals surface area contributed by atoms with E-state index in [1.54, 1.807) is 6.07 Å². The molecule has 0 bridgehead atoms. The van der Waals surface area contributed by atoms with E-state index < -0.39 is 0 Å². The van der Waals surface area contributed by atoms with E-state index in [0.29, 0.717) is 5.75 Å². The Bertz CT molecular complexity index is 274. The van der Waals surface area contributed by atoms with Gasteiger partial charge in [0.2, 0.25) is 0 Å². The average molecular weight is 173 g/mol. The maximum atomic E-state index is 9.51. The Morgan fingerprint density at radius 1 is 1.31 bits per heavy atom. The number of phenols is 1. The summed E-state index contributed by atoms with van der Waals surface area (Å²) in [4.78, 5) is 2.03. The Hall–Kier alpha value is -0.423. The van der Waals surface area contributed by atoms with Gasteiger partial charge in [0, 0.05) is 12.1 Å². The zero-order chi connectivity index (χ0) is 9.14. The molecule has 0 atom stereocenters. The van der Waals surface area contributed by atoms with Gasteiger partial charge in [-0.1, -0.05) is 12.1 Å². The SMILES string of the molecule is Cc1ccc(CN(C)C)c(O)c1.[LiH]. The van der Waals surface area contributed by atoms with Crippen LogP contribution in [0.3, 0.4) is 0 Å². The van der Waals surface area contributed by atoms with E-state index in [-0.39, 0.29) is 18.9 Å². The van der Waals surface area contributed by atoms with Crippen molar-refractivity contribution in [2.45, 2.75) is 13.5 Å². The van der Waals surface area contributed by atoms with E-state index in [0.717, 1.165) is 17.7 Å². The third-order valence-corrected chi connectivity index (χ3v) is 1.73. The molecule has 0 heterocycles. The normalized spacial score (nSPS) is 9.85. The van der Waals surface area contributed by atoms with Crippen molar-refractivity contribution in [2.24, 2.45) is 0 Å². The van der Waals surface area contributed by atoms with E-state index in [4.69, 9.17) is 0 Å². The summed E-state index contributed by atoms with van der Waals surface area (Å²) < 4.78 is 0. The van der Waals surface area contributed by atoms with Crippen molar-refractivity contribution in [1.29, 1.82) is 0 Å². The quantitative estimate of drug-likeness (QED) is 0.677. The fraction of sp³-hybridized carbons (Fsp3) is 0.400. The van der Waals surface area contributed by atoms with Gasteiger partial charge < -0.3 is 10.0 Å². The summed E-state index contributed by atoms with van der Waals surface area (Å²) in [6.45, 7) is 2.76. The van der Waals surface area contributed by atoms with Crippen LogP contribution >= 0.6 is 0 Å². The summed E-state index contributed by atoms with van der Waals surface area (Å²) in [6.07, 6.45) is 0. The van der Waals surface area contributed by atoms with E-state index in [1.165, 1.54) is 0 Å². The van der Waals surface area contributed by atoms with Gasteiger partial charge in [0.15, 0.2) is 0 Å². The maximum absolute atomic E-state index is 9.51. The van der Waals surface area contributed by atoms with Gasteiger partial charge in [-0.05, 0) is 32.6 Å². The van der Waals surface area contributed by atoms with E-state index in [2.05, 4.69) is 0 Å². The number of hydrogen-bond acceptors (Lipinski definition) is 2. The number of rotatable bonds is 2. The molecule has 1 rings (SSSR count). The van der Waals surface area contributed by atoms with Crippen LogP contribution in [0, 0.1) is 6.92 Å². The summed E-state index contributed by atoms with van der Waals surface area (Å²) in [5.74, 6) is 0.392. The number of hydrogen-bond donors (Lipinski definition) is 1. The van der Waals surface area contributed by atoms with Gasteiger partial charge in [0.1, 0.15) is 5.75 Å². The molecule has 0 saturated carbocycles. The Morgan fingerprint density at radius 2 is 1.92 bits per heavy atom. The van der Waals surface area contributed by atoms with Crippen LogP contribution in [-0.4, -0.2) is 43.0 Å². The van der Waals surface area contributed by atoms with Gasteiger partial charge in [0.05, 0.1) is 0 Å². The molecular weight excluding hydrogens is 157 g/mol. The molecule has 0 radical (unpaired) electrons. The predicted octanol–water partition coefficient (Wildman–Crippen LogP) is 1.11. The molecule has 13 heavy (non-hydrogen) atoms. The molecule has 0 unspecified atom stereocenters. The first-order valence-electron chi connectivity index (χ1n) is 4.03. The van der Waals surface area contributed by atoms with Crippen LogP contribution in [0.5, 0.6) is 5.75 Å². The van der Waals surface area contributed by atoms with Gasteiger partial charge in [0.25, 0.3) is 0 Å². The summed E-state index contributed by atoms with van der Waals surface area (Å²) in [6, 6.07) is 5.77. The average Bonchev–Trinajstić information content (AvgIpc) is 1.94. The van der Waals surface area contributed by atoms with E-state index in [9.17, 15) is 5.11 Å². The molecule has 0 aromatic heterocycles. The van der Waals surface area contributed by atoms with Crippen LogP contribution in [-0.2, 0) is 6.54 Å². The second kappa shape index (κ2) is 5.34. The molecule has 0 fully saturated rings. The van der Waals surface area contributed by atoms with Gasteiger partial charge in [-0.15, -0.1) is 0 Å². The molecular formula is C10H16LiNO. The second-order valence-electron chi connectivity index (χ2n) is 3.37. The Labute approximate surface area is 91.7 Å². The van der Waals surface area contributed by atoms with Gasteiger partial charge in [-0.25, -0.2) is 0 Å². The van der Waals surface area contributed by atoms with Crippen LogP contribution in [0.25, 0.3) is 0 Å². The molecule has 3 heteroatoms. The molecule has 0 saturated heterocycles. The first-order chi connectivity index (χ1) is 5.59. The molecule has 1 aromatic rings. The molecule has 0 amide bonds. The molecule has 0 aliphatic heterocycles. The monoisotopic (exact) mass is 173 g/mol. The van der Waals surface area contributed by atoms with Crippen LogP contribution in [0.15, 0.2) is 18.2 Å². The van der Waals surface area contributed by atoms with E-state index in [1.807, 2.05) is 38.1 Å². The van der Waals surface area contributed by atoms with Crippen LogP contribution in [0.2, 0.25) is 0 Å². The fourth-order valence-corrected chi connectivity index (χ4v) is 1.15. The van der Waals surface area contributed by atoms with Crippen LogP contribution < -0.4 is 0 Å². The van der Waals surface area contributed by atoms with Crippen molar-refractivity contribution >= 4 is 18.9 Å². The predicted molar refractivity (Wildman–Crippen MR) is 57.4 cm³/mol. The second-order valence-corrected chi connectivity index (χ2v) is 3.37. The Morgan fingerprint density at radius 3 is 2.38 bits per heavy atom. The third kappa shape index (κ3) is 3.86. The number of phenolic OH excluding ortho intramolecular Hbond substituents is 1. The zero-order valence-electron chi connectivity index (χ0n) is 7.83. The summed E-state index contributed by atoms with van der Waals surface area (Å²) >= 11 is 0. The number of aromatic hydroxyl groups is 1. The molecule has 0 aliphatic carbocycles. The minimum atomic E-state index is 0. The first kappa shape index (κ1) is 12.6. The molecule has 1 N–H and O–H groups in total. The Kier molecular flexibility index (Phi) is 5.16. The number of benzene rings is 1. The minimum absolute atomic E-state index is 0. The molecule has 1 aromatic carbocycles. The summed E-state index contributed by atoms with van der Waals surface area (Å²) in [5, 5.41) is 9.51. The zero-order valence-corrected chi connectivity index (χ0v) is 7.83. The topological polar surface area (TPSA) is 23.5 Å². The van der Waals surface area contributed by atoms with Crippen LogP contribution in [0.4, 0.5) is 0 Å². The van der Waals surface area contributed by atoms with Crippen molar-refractivity contribution in [1.82, 2.24) is 4.90 Å². The first-order valence-corrected chi connectivity index (χ1v) is 4.03. The standard InChI is InChI=1S/C10H15NO.Li.H/c1-8-4-5-9(7-11(2)3)10(12)6-8;;/h4-6,12H,7H2,1-3H3;;. The van der Waals surface area contributed by atoms with E-state index >= 15 is 0 Å². The molecule has 0 aliphatic rings. The van der Waals surface area contributed by atoms with Gasteiger partial charge in [-0.3, -0.25) is 0 Å². The van der Waals surface area contributed by atoms with Crippen molar-refractivity contribution in [3.63, 3.8) is 0 Å². The van der Waals surface area contributed by atoms with Crippen LogP contribution in [0.1, 0.15) is 11.1 Å². The number of aryl methyl sites for hydroxylation is 1. The van der Waals surface area contributed by atoms with Crippen molar-refractivity contribution in [3.8, 4) is 5.75 Å². The van der Waals surface area contributed by atoms with Crippen molar-refractivity contribution in [2.75, 3.05) is 14.1 Å². The molecule has 68 valence electrons. The molecule has 2 nitrogen and oxygen atoms in total. The fourth-order valence-electron chi connectivity index (χ4n) is 1.15. The van der Waals surface area contributed by atoms with Gasteiger partial charge >= 0.3 is 18.9 Å². The van der Waals surface area contributed by atoms with Crippen molar-refractivity contribution in [3.05, 3.63) is 29.3 Å². The summed E-state index contributed by atoms with van der Waals surface area (Å²) in [7, 11) is 3.97. The number of nitrogens with zero attached hydrogens (tertiary/aromatic N) is 1. The Balaban J connectivity index is 0.00000144. The third-order valence-electron chi connectivity index (χ3n) is 1.73.